The van der Waals surface area contributed by atoms with Crippen molar-refractivity contribution in [3.8, 4) is 0 Å². The van der Waals surface area contributed by atoms with Crippen LogP contribution in [-0.4, -0.2) is 18.5 Å². The highest BCUT2D eigenvalue weighted by Crippen LogP contribution is 2.24. The highest BCUT2D eigenvalue weighted by atomic mass is 35.5. The number of sulfone groups is 1. The first-order valence-electron chi connectivity index (χ1n) is 3.98. The van der Waals surface area contributed by atoms with E-state index in [0.29, 0.717) is 5.02 Å². The summed E-state index contributed by atoms with van der Waals surface area (Å²) in [6.07, 6.45) is 0. The maximum atomic E-state index is 11.7. The molecule has 0 aliphatic carbocycles. The molecule has 0 spiro atoms. The molecule has 0 unspecified atom stereocenters. The summed E-state index contributed by atoms with van der Waals surface area (Å²) >= 11 is 5.65. The Labute approximate surface area is 88.2 Å². The van der Waals surface area contributed by atoms with Crippen molar-refractivity contribution < 1.29 is 13.5 Å². The van der Waals surface area contributed by atoms with Gasteiger partial charge < -0.3 is 5.11 Å². The van der Waals surface area contributed by atoms with Gasteiger partial charge in [-0.25, -0.2) is 8.42 Å². The molecule has 0 aliphatic heterocycles. The lowest BCUT2D eigenvalue weighted by Crippen LogP contribution is -2.31. The van der Waals surface area contributed by atoms with Crippen molar-refractivity contribution in [1.29, 1.82) is 0 Å². The lowest BCUT2D eigenvalue weighted by atomic mass is 10.4. The molecule has 0 saturated heterocycles. The monoisotopic (exact) mass is 234 g/mol. The summed E-state index contributed by atoms with van der Waals surface area (Å²) in [7, 11) is -3.73. The van der Waals surface area contributed by atoms with Gasteiger partial charge >= 0.3 is 0 Å². The number of hydrogen-bond donors (Lipinski definition) is 1. The predicted octanol–water partition coefficient (Wildman–Crippen LogP) is 1.84. The molecule has 0 amide bonds. The molecule has 1 aromatic rings. The molecule has 0 saturated carbocycles. The molecular weight excluding hydrogens is 224 g/mol. The molecule has 0 fully saturated rings. The smallest absolute Gasteiger partial charge is 0.207 e. The highest BCUT2D eigenvalue weighted by molar-refractivity contribution is 7.92. The Bertz CT molecular complexity index is 432. The van der Waals surface area contributed by atoms with E-state index < -0.39 is 14.8 Å². The van der Waals surface area contributed by atoms with Gasteiger partial charge in [0.1, 0.15) is 0 Å². The summed E-state index contributed by atoms with van der Waals surface area (Å²) in [5, 5.41) is 9.79. The van der Waals surface area contributed by atoms with Crippen LogP contribution in [0.3, 0.4) is 0 Å². The molecule has 1 N–H and O–H groups in total. The summed E-state index contributed by atoms with van der Waals surface area (Å²) in [5.74, 6) is 0. The zero-order chi connectivity index (χ0) is 11.0. The van der Waals surface area contributed by atoms with E-state index in [1.165, 1.54) is 32.0 Å². The number of halogens is 1. The minimum Gasteiger partial charge on any atom is -0.374 e. The van der Waals surface area contributed by atoms with Crippen molar-refractivity contribution in [3.05, 3.63) is 29.3 Å². The Hall–Kier alpha value is -0.580. The van der Waals surface area contributed by atoms with Crippen LogP contribution in [0, 0.1) is 0 Å². The summed E-state index contributed by atoms with van der Waals surface area (Å²) in [4.78, 5) is -1.77. The number of benzene rings is 1. The van der Waals surface area contributed by atoms with Crippen LogP contribution in [0.2, 0.25) is 5.02 Å². The van der Waals surface area contributed by atoms with Crippen LogP contribution in [0.5, 0.6) is 0 Å². The van der Waals surface area contributed by atoms with Gasteiger partial charge in [0.15, 0.2) is 4.93 Å². The molecular formula is C9H11ClO3S. The second-order valence-corrected chi connectivity index (χ2v) is 6.32. The molecule has 3 nitrogen and oxygen atoms in total. The zero-order valence-corrected chi connectivity index (χ0v) is 9.43. The van der Waals surface area contributed by atoms with Crippen LogP contribution in [0.4, 0.5) is 0 Å². The van der Waals surface area contributed by atoms with Gasteiger partial charge in [-0.3, -0.25) is 0 Å². The summed E-state index contributed by atoms with van der Waals surface area (Å²) < 4.78 is 23.4. The third-order valence-corrected chi connectivity index (χ3v) is 4.19. The molecule has 0 heterocycles. The molecule has 14 heavy (non-hydrogen) atoms. The van der Waals surface area contributed by atoms with E-state index in [1.54, 1.807) is 6.07 Å². The largest absolute Gasteiger partial charge is 0.374 e. The van der Waals surface area contributed by atoms with Crippen LogP contribution >= 0.6 is 11.6 Å². The maximum absolute atomic E-state index is 11.7. The molecule has 1 rings (SSSR count). The van der Waals surface area contributed by atoms with Crippen LogP contribution in [0.15, 0.2) is 29.2 Å². The van der Waals surface area contributed by atoms with Crippen LogP contribution in [-0.2, 0) is 9.84 Å². The number of rotatable bonds is 2. The molecule has 0 bridgehead atoms. The first kappa shape index (κ1) is 11.5. The second-order valence-electron chi connectivity index (χ2n) is 3.41. The first-order valence-corrected chi connectivity index (χ1v) is 5.84. The third kappa shape index (κ3) is 2.08. The molecule has 0 aromatic heterocycles. The van der Waals surface area contributed by atoms with Gasteiger partial charge in [-0.2, -0.15) is 0 Å². The number of hydrogen-bond acceptors (Lipinski definition) is 3. The Morgan fingerprint density at radius 2 is 1.93 bits per heavy atom. The SMILES string of the molecule is CC(C)(O)S(=O)(=O)c1cccc(Cl)c1. The van der Waals surface area contributed by atoms with Crippen molar-refractivity contribution in [2.75, 3.05) is 0 Å². The topological polar surface area (TPSA) is 54.4 Å². The van der Waals surface area contributed by atoms with Crippen LogP contribution < -0.4 is 0 Å². The van der Waals surface area contributed by atoms with E-state index in [0.717, 1.165) is 0 Å². The molecule has 0 atom stereocenters. The Morgan fingerprint density at radius 3 is 2.36 bits per heavy atom. The second kappa shape index (κ2) is 3.53. The van der Waals surface area contributed by atoms with Crippen LogP contribution in [0.1, 0.15) is 13.8 Å². The summed E-state index contributed by atoms with van der Waals surface area (Å²) in [6, 6.07) is 5.82. The van der Waals surface area contributed by atoms with E-state index >= 15 is 0 Å². The molecule has 1 aromatic carbocycles. The Morgan fingerprint density at radius 1 is 1.36 bits per heavy atom. The standard InChI is InChI=1S/C9H11ClO3S/c1-9(2,11)14(12,13)8-5-3-4-7(10)6-8/h3-6,11H,1-2H3. The van der Waals surface area contributed by atoms with Crippen molar-refractivity contribution in [2.24, 2.45) is 0 Å². The van der Waals surface area contributed by atoms with Gasteiger partial charge in [0.25, 0.3) is 0 Å². The Balaban J connectivity index is 3.32. The maximum Gasteiger partial charge on any atom is 0.207 e. The lowest BCUT2D eigenvalue weighted by Gasteiger charge is -2.17. The van der Waals surface area contributed by atoms with Gasteiger partial charge in [-0.1, -0.05) is 17.7 Å². The van der Waals surface area contributed by atoms with Gasteiger partial charge in [-0.15, -0.1) is 0 Å². The number of aliphatic hydroxyl groups is 1. The average molecular weight is 235 g/mol. The van der Waals surface area contributed by atoms with Gasteiger partial charge in [0.2, 0.25) is 9.84 Å². The average Bonchev–Trinajstić information content (AvgIpc) is 2.02. The van der Waals surface area contributed by atoms with Crippen molar-refractivity contribution in [2.45, 2.75) is 23.7 Å². The minimum absolute atomic E-state index is 0.0255. The van der Waals surface area contributed by atoms with Gasteiger partial charge in [0, 0.05) is 5.02 Å². The quantitative estimate of drug-likeness (QED) is 0.850. The van der Waals surface area contributed by atoms with E-state index in [4.69, 9.17) is 11.6 Å². The summed E-state index contributed by atoms with van der Waals surface area (Å²) in [5.41, 5.74) is 0. The zero-order valence-electron chi connectivity index (χ0n) is 7.86. The van der Waals surface area contributed by atoms with Crippen molar-refractivity contribution in [3.63, 3.8) is 0 Å². The van der Waals surface area contributed by atoms with E-state index in [-0.39, 0.29) is 4.90 Å². The molecule has 78 valence electrons. The lowest BCUT2D eigenvalue weighted by molar-refractivity contribution is 0.165. The van der Waals surface area contributed by atoms with Crippen molar-refractivity contribution >= 4 is 21.4 Å². The fraction of sp³-hybridized carbons (Fsp3) is 0.333. The third-order valence-electron chi connectivity index (χ3n) is 1.76. The van der Waals surface area contributed by atoms with E-state index in [1.807, 2.05) is 0 Å². The van der Waals surface area contributed by atoms with Crippen molar-refractivity contribution in [1.82, 2.24) is 0 Å². The van der Waals surface area contributed by atoms with Crippen LogP contribution in [0.25, 0.3) is 0 Å². The fourth-order valence-corrected chi connectivity index (χ4v) is 2.29. The van der Waals surface area contributed by atoms with E-state index in [9.17, 15) is 13.5 Å². The van der Waals surface area contributed by atoms with Gasteiger partial charge in [-0.05, 0) is 32.0 Å². The van der Waals surface area contributed by atoms with Gasteiger partial charge in [0.05, 0.1) is 4.90 Å². The summed E-state index contributed by atoms with van der Waals surface area (Å²) in [6.45, 7) is 2.45. The molecule has 0 radical (unpaired) electrons. The minimum atomic E-state index is -3.73. The molecule has 5 heteroatoms. The molecule has 0 aliphatic rings. The predicted molar refractivity (Wildman–Crippen MR) is 54.9 cm³/mol. The van der Waals surface area contributed by atoms with E-state index in [2.05, 4.69) is 0 Å². The Kier molecular flexibility index (Phi) is 2.90. The first-order chi connectivity index (χ1) is 6.25. The highest BCUT2D eigenvalue weighted by Gasteiger charge is 2.33. The normalized spacial score (nSPS) is 12.9. The fourth-order valence-electron chi connectivity index (χ4n) is 0.923.